The molecule has 0 spiro atoms. The Balaban J connectivity index is 2.60. The molecule has 1 atom stereocenters. The van der Waals surface area contributed by atoms with E-state index in [0.29, 0.717) is 6.42 Å². The molecular formula is C9H6Br2O. The second kappa shape index (κ2) is 2.96. The fourth-order valence-electron chi connectivity index (χ4n) is 1.43. The number of carbonyl (C=O) groups excluding carboxylic acids is 1. The van der Waals surface area contributed by atoms with E-state index in [1.807, 2.05) is 18.2 Å². The Morgan fingerprint density at radius 1 is 1.42 bits per heavy atom. The molecule has 1 aliphatic carbocycles. The molecule has 1 aromatic carbocycles. The number of alkyl halides is 1. The van der Waals surface area contributed by atoms with E-state index in [1.54, 1.807) is 0 Å². The Morgan fingerprint density at radius 2 is 2.17 bits per heavy atom. The number of hydrogen-bond donors (Lipinski definition) is 0. The Bertz CT molecular complexity index is 346. The van der Waals surface area contributed by atoms with Crippen LogP contribution in [0.4, 0.5) is 0 Å². The van der Waals surface area contributed by atoms with Crippen LogP contribution in [0.15, 0.2) is 22.7 Å². The zero-order valence-electron chi connectivity index (χ0n) is 6.18. The number of fused-ring (bicyclic) bond motifs is 1. The summed E-state index contributed by atoms with van der Waals surface area (Å²) in [5, 5.41) is 0. The molecular weight excluding hydrogens is 284 g/mol. The highest BCUT2D eigenvalue weighted by Crippen LogP contribution is 2.38. The fourth-order valence-corrected chi connectivity index (χ4v) is 2.48. The molecule has 0 amide bonds. The maximum Gasteiger partial charge on any atom is 0.164 e. The van der Waals surface area contributed by atoms with Gasteiger partial charge in [0, 0.05) is 21.3 Å². The van der Waals surface area contributed by atoms with Crippen LogP contribution in [0.3, 0.4) is 0 Å². The smallest absolute Gasteiger partial charge is 0.164 e. The lowest BCUT2D eigenvalue weighted by molar-refractivity contribution is 0.0994. The van der Waals surface area contributed by atoms with E-state index >= 15 is 0 Å². The van der Waals surface area contributed by atoms with Gasteiger partial charge in [0.25, 0.3) is 0 Å². The first kappa shape index (κ1) is 8.45. The minimum Gasteiger partial charge on any atom is -0.294 e. The van der Waals surface area contributed by atoms with Crippen LogP contribution >= 0.6 is 31.9 Å². The monoisotopic (exact) mass is 288 g/mol. The van der Waals surface area contributed by atoms with Crippen molar-refractivity contribution in [1.82, 2.24) is 0 Å². The van der Waals surface area contributed by atoms with E-state index < -0.39 is 0 Å². The van der Waals surface area contributed by atoms with Crippen LogP contribution in [-0.2, 0) is 0 Å². The van der Waals surface area contributed by atoms with E-state index in [2.05, 4.69) is 31.9 Å². The lowest BCUT2D eigenvalue weighted by Gasteiger charge is -2.00. The molecule has 0 aliphatic heterocycles. The van der Waals surface area contributed by atoms with Crippen molar-refractivity contribution >= 4 is 37.6 Å². The van der Waals surface area contributed by atoms with E-state index in [9.17, 15) is 4.79 Å². The summed E-state index contributed by atoms with van der Waals surface area (Å²) in [5.41, 5.74) is 1.97. The quantitative estimate of drug-likeness (QED) is 0.669. The topological polar surface area (TPSA) is 17.1 Å². The number of rotatable bonds is 0. The number of Topliss-reactive ketones (excluding diaryl/α,β-unsaturated/α-hetero) is 1. The number of benzene rings is 1. The van der Waals surface area contributed by atoms with Gasteiger partial charge in [-0.3, -0.25) is 4.79 Å². The standard InChI is InChI=1S/C9H6Br2O/c10-5-1-2-6-7(3-5)8(11)4-9(6)12/h1-3,8H,4H2/t8-/m1/s1. The molecule has 2 rings (SSSR count). The van der Waals surface area contributed by atoms with Gasteiger partial charge in [0.1, 0.15) is 0 Å². The Kier molecular flexibility index (Phi) is 2.09. The normalized spacial score (nSPS) is 21.2. The highest BCUT2D eigenvalue weighted by Gasteiger charge is 2.26. The van der Waals surface area contributed by atoms with Gasteiger partial charge in [-0.25, -0.2) is 0 Å². The Hall–Kier alpha value is -0.150. The SMILES string of the molecule is O=C1C[C@@H](Br)c2cc(Br)ccc21. The maximum atomic E-state index is 11.3. The fraction of sp³-hybridized carbons (Fsp3) is 0.222. The van der Waals surface area contributed by atoms with Crippen molar-refractivity contribution in [2.24, 2.45) is 0 Å². The molecule has 12 heavy (non-hydrogen) atoms. The van der Waals surface area contributed by atoms with Gasteiger partial charge in [0.05, 0.1) is 0 Å². The predicted octanol–water partition coefficient (Wildman–Crippen LogP) is 3.47. The van der Waals surface area contributed by atoms with Crippen molar-refractivity contribution < 1.29 is 4.79 Å². The van der Waals surface area contributed by atoms with Gasteiger partial charge < -0.3 is 0 Å². The third kappa shape index (κ3) is 1.25. The maximum absolute atomic E-state index is 11.3. The average Bonchev–Trinajstić information content (AvgIpc) is 2.28. The molecule has 3 heteroatoms. The second-order valence-corrected chi connectivity index (χ2v) is 4.85. The van der Waals surface area contributed by atoms with Crippen LogP contribution < -0.4 is 0 Å². The first-order valence-electron chi connectivity index (χ1n) is 3.65. The third-order valence-electron chi connectivity index (χ3n) is 2.02. The third-order valence-corrected chi connectivity index (χ3v) is 3.33. The number of hydrogen-bond acceptors (Lipinski definition) is 1. The molecule has 1 nitrogen and oxygen atoms in total. The van der Waals surface area contributed by atoms with Gasteiger partial charge in [-0.1, -0.05) is 31.9 Å². The Labute approximate surface area is 87.4 Å². The molecule has 0 unspecified atom stereocenters. The van der Waals surface area contributed by atoms with Crippen molar-refractivity contribution in [2.45, 2.75) is 11.2 Å². The van der Waals surface area contributed by atoms with Gasteiger partial charge in [-0.05, 0) is 23.8 Å². The highest BCUT2D eigenvalue weighted by molar-refractivity contribution is 9.10. The van der Waals surface area contributed by atoms with Gasteiger partial charge in [0.15, 0.2) is 5.78 Å². The molecule has 0 aromatic heterocycles. The van der Waals surface area contributed by atoms with Gasteiger partial charge in [-0.2, -0.15) is 0 Å². The molecule has 0 fully saturated rings. The van der Waals surface area contributed by atoms with Gasteiger partial charge >= 0.3 is 0 Å². The minimum atomic E-state index is 0.206. The van der Waals surface area contributed by atoms with Crippen molar-refractivity contribution in [2.75, 3.05) is 0 Å². The zero-order chi connectivity index (χ0) is 8.72. The predicted molar refractivity (Wildman–Crippen MR) is 54.8 cm³/mol. The minimum absolute atomic E-state index is 0.206. The summed E-state index contributed by atoms with van der Waals surface area (Å²) in [6.07, 6.45) is 0.589. The van der Waals surface area contributed by atoms with E-state index in [4.69, 9.17) is 0 Å². The van der Waals surface area contributed by atoms with Crippen molar-refractivity contribution in [3.05, 3.63) is 33.8 Å². The van der Waals surface area contributed by atoms with Crippen molar-refractivity contribution in [1.29, 1.82) is 0 Å². The Morgan fingerprint density at radius 3 is 2.92 bits per heavy atom. The summed E-state index contributed by atoms with van der Waals surface area (Å²) in [6.45, 7) is 0. The average molecular weight is 290 g/mol. The molecule has 0 saturated carbocycles. The zero-order valence-corrected chi connectivity index (χ0v) is 9.35. The first-order chi connectivity index (χ1) is 5.68. The summed E-state index contributed by atoms with van der Waals surface area (Å²) < 4.78 is 1.03. The van der Waals surface area contributed by atoms with E-state index in [1.165, 1.54) is 0 Å². The number of ketones is 1. The summed E-state index contributed by atoms with van der Waals surface area (Å²) in [6, 6.07) is 5.78. The molecule has 1 aromatic rings. The first-order valence-corrected chi connectivity index (χ1v) is 5.36. The second-order valence-electron chi connectivity index (χ2n) is 2.83. The number of carbonyl (C=O) groups is 1. The van der Waals surface area contributed by atoms with Gasteiger partial charge in [0.2, 0.25) is 0 Å². The summed E-state index contributed by atoms with van der Waals surface area (Å²) in [5.74, 6) is 0.236. The van der Waals surface area contributed by atoms with E-state index in [0.717, 1.165) is 15.6 Å². The lowest BCUT2D eigenvalue weighted by Crippen LogP contribution is -1.89. The van der Waals surface area contributed by atoms with Crippen LogP contribution in [0.1, 0.15) is 27.2 Å². The molecule has 0 heterocycles. The number of halogens is 2. The van der Waals surface area contributed by atoms with Crippen molar-refractivity contribution in [3.63, 3.8) is 0 Å². The summed E-state index contributed by atoms with van der Waals surface area (Å²) in [4.78, 5) is 11.5. The largest absolute Gasteiger partial charge is 0.294 e. The molecule has 1 aliphatic rings. The molecule has 0 saturated heterocycles. The van der Waals surface area contributed by atoms with Crippen LogP contribution in [0.25, 0.3) is 0 Å². The molecule has 0 N–H and O–H groups in total. The molecule has 0 radical (unpaired) electrons. The molecule has 0 bridgehead atoms. The highest BCUT2D eigenvalue weighted by atomic mass is 79.9. The van der Waals surface area contributed by atoms with E-state index in [-0.39, 0.29) is 10.6 Å². The van der Waals surface area contributed by atoms with Crippen LogP contribution in [-0.4, -0.2) is 5.78 Å². The lowest BCUT2D eigenvalue weighted by atomic mass is 10.1. The van der Waals surface area contributed by atoms with Crippen LogP contribution in [0, 0.1) is 0 Å². The summed E-state index contributed by atoms with van der Waals surface area (Å²) in [7, 11) is 0. The van der Waals surface area contributed by atoms with Crippen LogP contribution in [0.2, 0.25) is 0 Å². The summed E-state index contributed by atoms with van der Waals surface area (Å²) >= 11 is 6.85. The van der Waals surface area contributed by atoms with Gasteiger partial charge in [-0.15, -0.1) is 0 Å². The van der Waals surface area contributed by atoms with Crippen molar-refractivity contribution in [3.8, 4) is 0 Å². The molecule has 62 valence electrons. The van der Waals surface area contributed by atoms with Crippen LogP contribution in [0.5, 0.6) is 0 Å².